The number of nitrogens with zero attached hydrogens (tertiary/aromatic N) is 4. The van der Waals surface area contributed by atoms with Crippen LogP contribution in [0, 0.1) is 18.8 Å². The Morgan fingerprint density at radius 2 is 2.05 bits per heavy atom. The topological polar surface area (TPSA) is 80.9 Å². The molecule has 22 heavy (non-hydrogen) atoms. The molecule has 3 rings (SSSR count). The molecule has 116 valence electrons. The molecule has 0 radical (unpaired) electrons. The molecule has 1 aliphatic carbocycles. The van der Waals surface area contributed by atoms with E-state index >= 15 is 0 Å². The summed E-state index contributed by atoms with van der Waals surface area (Å²) in [5, 5.41) is 9.05. The summed E-state index contributed by atoms with van der Waals surface area (Å²) in [4.78, 5) is 23.9. The molecule has 0 unspecified atom stereocenters. The summed E-state index contributed by atoms with van der Waals surface area (Å²) in [6.07, 6.45) is 9.59. The first-order chi connectivity index (χ1) is 10.6. The van der Waals surface area contributed by atoms with Gasteiger partial charge in [0.2, 0.25) is 0 Å². The van der Waals surface area contributed by atoms with E-state index in [1.54, 1.807) is 12.5 Å². The molecule has 2 aromatic rings. The molecule has 2 heterocycles. The average Bonchev–Trinajstić information content (AvgIpc) is 2.94. The third kappa shape index (κ3) is 3.16. The summed E-state index contributed by atoms with van der Waals surface area (Å²) in [6, 6.07) is 2.00. The van der Waals surface area contributed by atoms with E-state index in [9.17, 15) is 4.79 Å². The number of hydrogen-bond acceptors (Lipinski definition) is 4. The van der Waals surface area contributed by atoms with Crippen molar-refractivity contribution < 1.29 is 9.90 Å². The fourth-order valence-electron chi connectivity index (χ4n) is 3.16. The van der Waals surface area contributed by atoms with Crippen LogP contribution in [0.1, 0.15) is 37.2 Å². The molecule has 0 aromatic carbocycles. The lowest BCUT2D eigenvalue weighted by Crippen LogP contribution is -2.22. The minimum atomic E-state index is -0.654. The van der Waals surface area contributed by atoms with Gasteiger partial charge in [-0.1, -0.05) is 0 Å². The second-order valence-corrected chi connectivity index (χ2v) is 5.97. The lowest BCUT2D eigenvalue weighted by atomic mass is 9.80. The maximum Gasteiger partial charge on any atom is 0.306 e. The maximum absolute atomic E-state index is 11.0. The molecule has 0 atom stereocenters. The largest absolute Gasteiger partial charge is 0.481 e. The predicted molar refractivity (Wildman–Crippen MR) is 80.7 cm³/mol. The molecule has 2 aromatic heterocycles. The maximum atomic E-state index is 11.0. The summed E-state index contributed by atoms with van der Waals surface area (Å²) >= 11 is 0. The number of aliphatic carboxylic acids is 1. The molecule has 1 fully saturated rings. The number of rotatable bonds is 4. The molecule has 1 saturated carbocycles. The molecule has 0 aliphatic heterocycles. The lowest BCUT2D eigenvalue weighted by Gasteiger charge is -2.25. The van der Waals surface area contributed by atoms with Crippen LogP contribution in [0.5, 0.6) is 0 Å². The summed E-state index contributed by atoms with van der Waals surface area (Å²) in [5.41, 5.74) is 1.01. The summed E-state index contributed by atoms with van der Waals surface area (Å²) in [7, 11) is 0. The van der Waals surface area contributed by atoms with E-state index in [0.29, 0.717) is 5.92 Å². The second-order valence-electron chi connectivity index (χ2n) is 5.97. The van der Waals surface area contributed by atoms with E-state index in [1.165, 1.54) is 0 Å². The van der Waals surface area contributed by atoms with Gasteiger partial charge in [-0.15, -0.1) is 0 Å². The van der Waals surface area contributed by atoms with Crippen LogP contribution in [0.2, 0.25) is 0 Å². The van der Waals surface area contributed by atoms with Crippen LogP contribution in [-0.2, 0) is 11.2 Å². The summed E-state index contributed by atoms with van der Waals surface area (Å²) in [6.45, 7) is 1.94. The van der Waals surface area contributed by atoms with E-state index < -0.39 is 5.97 Å². The van der Waals surface area contributed by atoms with Crippen LogP contribution < -0.4 is 0 Å². The number of carboxylic acids is 1. The first-order valence-electron chi connectivity index (χ1n) is 7.67. The van der Waals surface area contributed by atoms with Crippen LogP contribution in [0.3, 0.4) is 0 Å². The van der Waals surface area contributed by atoms with Crippen LogP contribution in [0.25, 0.3) is 5.82 Å². The number of hydrogen-bond donors (Lipinski definition) is 1. The Kier molecular flexibility index (Phi) is 4.18. The van der Waals surface area contributed by atoms with Crippen molar-refractivity contribution in [2.45, 2.75) is 39.0 Å². The van der Waals surface area contributed by atoms with Gasteiger partial charge in [0.15, 0.2) is 0 Å². The van der Waals surface area contributed by atoms with Gasteiger partial charge in [0.05, 0.1) is 5.92 Å². The number of aromatic nitrogens is 4. The van der Waals surface area contributed by atoms with Crippen LogP contribution >= 0.6 is 0 Å². The van der Waals surface area contributed by atoms with Crippen molar-refractivity contribution in [3.8, 4) is 5.82 Å². The molecule has 1 N–H and O–H groups in total. The fourth-order valence-corrected chi connectivity index (χ4v) is 3.16. The Morgan fingerprint density at radius 1 is 1.27 bits per heavy atom. The van der Waals surface area contributed by atoms with Gasteiger partial charge in [-0.05, 0) is 44.9 Å². The monoisotopic (exact) mass is 300 g/mol. The number of carbonyl (C=O) groups is 1. The van der Waals surface area contributed by atoms with Crippen LogP contribution in [-0.4, -0.2) is 30.6 Å². The smallest absolute Gasteiger partial charge is 0.306 e. The first-order valence-corrected chi connectivity index (χ1v) is 7.67. The summed E-state index contributed by atoms with van der Waals surface area (Å²) < 4.78 is 1.94. The quantitative estimate of drug-likeness (QED) is 0.937. The van der Waals surface area contributed by atoms with E-state index in [2.05, 4.69) is 15.0 Å². The van der Waals surface area contributed by atoms with E-state index in [0.717, 1.165) is 49.4 Å². The van der Waals surface area contributed by atoms with Gasteiger partial charge in [-0.2, -0.15) is 0 Å². The highest BCUT2D eigenvalue weighted by Crippen LogP contribution is 2.31. The molecule has 1 aliphatic rings. The first kappa shape index (κ1) is 14.7. The molecule has 6 nitrogen and oxygen atoms in total. The SMILES string of the molecule is Cc1nccn1-c1cc(C[C@H]2CC[C@H](C(=O)O)CC2)ncn1. The Morgan fingerprint density at radius 3 is 2.68 bits per heavy atom. The Bertz CT molecular complexity index is 660. The highest BCUT2D eigenvalue weighted by molar-refractivity contribution is 5.69. The minimum absolute atomic E-state index is 0.161. The Labute approximate surface area is 129 Å². The number of aryl methyl sites for hydroxylation is 1. The number of imidazole rings is 1. The van der Waals surface area contributed by atoms with Crippen molar-refractivity contribution in [2.24, 2.45) is 11.8 Å². The van der Waals surface area contributed by atoms with Gasteiger partial charge in [0.1, 0.15) is 18.0 Å². The van der Waals surface area contributed by atoms with Gasteiger partial charge >= 0.3 is 5.97 Å². The Hall–Kier alpha value is -2.24. The van der Waals surface area contributed by atoms with Crippen molar-refractivity contribution in [1.29, 1.82) is 0 Å². The van der Waals surface area contributed by atoms with Gasteiger partial charge in [-0.3, -0.25) is 9.36 Å². The second kappa shape index (κ2) is 6.25. The van der Waals surface area contributed by atoms with E-state index in [-0.39, 0.29) is 5.92 Å². The molecule has 6 heteroatoms. The average molecular weight is 300 g/mol. The normalized spacial score (nSPS) is 21.7. The fraction of sp³-hybridized carbons (Fsp3) is 0.500. The van der Waals surface area contributed by atoms with Gasteiger partial charge in [-0.25, -0.2) is 15.0 Å². The predicted octanol–water partition coefficient (Wildman–Crippen LogP) is 2.40. The lowest BCUT2D eigenvalue weighted by molar-refractivity contribution is -0.143. The number of carboxylic acid groups (broad SMARTS) is 1. The standard InChI is InChI=1S/C16H20N4O2/c1-11-17-6-7-20(11)15-9-14(18-10-19-15)8-12-2-4-13(5-3-12)16(21)22/h6-7,9-10,12-13H,2-5,8H2,1H3,(H,21,22)/t12-,13-. The minimum Gasteiger partial charge on any atom is -0.481 e. The van der Waals surface area contributed by atoms with Crippen molar-refractivity contribution in [1.82, 2.24) is 19.5 Å². The van der Waals surface area contributed by atoms with Crippen LogP contribution in [0.15, 0.2) is 24.8 Å². The molecule has 0 amide bonds. The zero-order valence-electron chi connectivity index (χ0n) is 12.6. The van der Waals surface area contributed by atoms with Crippen molar-refractivity contribution in [3.05, 3.63) is 36.3 Å². The third-order valence-corrected chi connectivity index (χ3v) is 4.48. The molecular formula is C16H20N4O2. The van der Waals surface area contributed by atoms with Gasteiger partial charge in [0.25, 0.3) is 0 Å². The van der Waals surface area contributed by atoms with Crippen molar-refractivity contribution >= 4 is 5.97 Å². The van der Waals surface area contributed by atoms with Gasteiger partial charge in [0, 0.05) is 24.2 Å². The molecular weight excluding hydrogens is 280 g/mol. The zero-order valence-corrected chi connectivity index (χ0v) is 12.6. The highest BCUT2D eigenvalue weighted by atomic mass is 16.4. The highest BCUT2D eigenvalue weighted by Gasteiger charge is 2.26. The van der Waals surface area contributed by atoms with Gasteiger partial charge < -0.3 is 5.11 Å². The summed E-state index contributed by atoms with van der Waals surface area (Å²) in [5.74, 6) is 1.43. The third-order valence-electron chi connectivity index (χ3n) is 4.48. The van der Waals surface area contributed by atoms with E-state index in [4.69, 9.17) is 5.11 Å². The zero-order chi connectivity index (χ0) is 15.5. The van der Waals surface area contributed by atoms with Crippen LogP contribution in [0.4, 0.5) is 0 Å². The Balaban J connectivity index is 1.67. The van der Waals surface area contributed by atoms with Crippen molar-refractivity contribution in [3.63, 3.8) is 0 Å². The van der Waals surface area contributed by atoms with E-state index in [1.807, 2.05) is 23.8 Å². The molecule has 0 bridgehead atoms. The molecule has 0 saturated heterocycles. The molecule has 0 spiro atoms. The van der Waals surface area contributed by atoms with Crippen molar-refractivity contribution in [2.75, 3.05) is 0 Å².